The maximum Gasteiger partial charge on any atom is 0.422 e. The largest absolute Gasteiger partial charge is 0.488 e. The van der Waals surface area contributed by atoms with Gasteiger partial charge in [0.15, 0.2) is 12.4 Å². The van der Waals surface area contributed by atoms with Crippen molar-refractivity contribution in [3.8, 4) is 11.6 Å². The average Bonchev–Trinajstić information content (AvgIpc) is 2.40. The Labute approximate surface area is 117 Å². The Balaban J connectivity index is 2.37. The number of aromatic nitrogens is 1. The lowest BCUT2D eigenvalue weighted by Crippen LogP contribution is -2.20. The van der Waals surface area contributed by atoms with Gasteiger partial charge >= 0.3 is 6.18 Å². The van der Waals surface area contributed by atoms with E-state index >= 15 is 0 Å². The molecule has 0 bridgehead atoms. The first kappa shape index (κ1) is 16.6. The predicted octanol–water partition coefficient (Wildman–Crippen LogP) is 4.37. The van der Waals surface area contributed by atoms with Crippen molar-refractivity contribution in [3.63, 3.8) is 0 Å². The van der Waals surface area contributed by atoms with Gasteiger partial charge in [-0.15, -0.1) is 0 Å². The van der Waals surface area contributed by atoms with Gasteiger partial charge in [0.1, 0.15) is 0 Å². The highest BCUT2D eigenvalue weighted by Crippen LogP contribution is 2.26. The summed E-state index contributed by atoms with van der Waals surface area (Å²) in [5, 5.41) is 0. The second-order valence-electron chi connectivity index (χ2n) is 4.47. The van der Waals surface area contributed by atoms with Crippen LogP contribution in [-0.4, -0.2) is 24.4 Å². The minimum absolute atomic E-state index is 0.113. The Morgan fingerprint density at radius 3 is 2.55 bits per heavy atom. The van der Waals surface area contributed by atoms with E-state index in [1.54, 1.807) is 12.1 Å². The van der Waals surface area contributed by atoms with Gasteiger partial charge in [0.25, 0.3) is 5.88 Å². The van der Waals surface area contributed by atoms with Crippen LogP contribution in [0.25, 0.3) is 0 Å². The number of halogens is 3. The van der Waals surface area contributed by atoms with E-state index in [4.69, 9.17) is 4.74 Å². The predicted molar refractivity (Wildman–Crippen MR) is 70.0 cm³/mol. The van der Waals surface area contributed by atoms with Crippen LogP contribution in [0.2, 0.25) is 0 Å². The fraction of sp³-hybridized carbons (Fsp3) is 0.643. The molecule has 0 radical (unpaired) electrons. The van der Waals surface area contributed by atoms with Crippen LogP contribution >= 0.6 is 0 Å². The smallest absolute Gasteiger partial charge is 0.422 e. The zero-order valence-electron chi connectivity index (χ0n) is 11.6. The molecule has 0 aliphatic heterocycles. The number of nitrogens with zero attached hydrogens (tertiary/aromatic N) is 1. The van der Waals surface area contributed by atoms with E-state index in [1.807, 2.05) is 0 Å². The van der Waals surface area contributed by atoms with Gasteiger partial charge in [0.2, 0.25) is 0 Å². The van der Waals surface area contributed by atoms with E-state index < -0.39 is 12.8 Å². The molecule has 0 fully saturated rings. The van der Waals surface area contributed by atoms with Crippen molar-refractivity contribution in [3.05, 3.63) is 18.3 Å². The zero-order valence-corrected chi connectivity index (χ0v) is 11.6. The van der Waals surface area contributed by atoms with Crippen LogP contribution in [0.5, 0.6) is 11.6 Å². The van der Waals surface area contributed by atoms with Gasteiger partial charge in [0.05, 0.1) is 6.61 Å². The molecule has 0 spiro atoms. The lowest BCUT2D eigenvalue weighted by Gasteiger charge is -2.12. The first-order chi connectivity index (χ1) is 9.53. The maximum absolute atomic E-state index is 12.1. The lowest BCUT2D eigenvalue weighted by molar-refractivity contribution is -0.154. The van der Waals surface area contributed by atoms with Crippen molar-refractivity contribution in [1.29, 1.82) is 0 Å². The summed E-state index contributed by atoms with van der Waals surface area (Å²) in [4.78, 5) is 3.76. The van der Waals surface area contributed by atoms with Crippen molar-refractivity contribution < 1.29 is 22.6 Å². The third-order valence-electron chi connectivity index (χ3n) is 2.61. The van der Waals surface area contributed by atoms with Gasteiger partial charge in [-0.2, -0.15) is 13.2 Å². The van der Waals surface area contributed by atoms with Crippen LogP contribution in [0.1, 0.15) is 39.0 Å². The van der Waals surface area contributed by atoms with Gasteiger partial charge in [-0.1, -0.05) is 32.6 Å². The molecule has 0 N–H and O–H groups in total. The number of pyridine rings is 1. The standard InChI is InChI=1S/C14H20F3NO2/c1-2-3-4-5-6-10-19-12-8-7-9-18-13(12)20-11-14(15,16)17/h7-9H,2-6,10-11H2,1H3. The molecule has 1 aromatic heterocycles. The summed E-state index contributed by atoms with van der Waals surface area (Å²) in [5.41, 5.74) is 0. The molecule has 1 rings (SSSR count). The molecular formula is C14H20F3NO2. The van der Waals surface area contributed by atoms with Gasteiger partial charge in [-0.05, 0) is 18.6 Å². The van der Waals surface area contributed by atoms with E-state index in [1.165, 1.54) is 19.0 Å². The lowest BCUT2D eigenvalue weighted by atomic mass is 10.2. The number of alkyl halides is 3. The van der Waals surface area contributed by atoms with E-state index in [2.05, 4.69) is 16.6 Å². The zero-order chi connectivity index (χ0) is 14.8. The minimum atomic E-state index is -4.38. The molecule has 0 amide bonds. The molecule has 1 aromatic rings. The van der Waals surface area contributed by atoms with Gasteiger partial charge in [0, 0.05) is 6.20 Å². The summed E-state index contributed by atoms with van der Waals surface area (Å²) in [5.74, 6) is 0.144. The van der Waals surface area contributed by atoms with Crippen molar-refractivity contribution in [1.82, 2.24) is 4.98 Å². The van der Waals surface area contributed by atoms with Crippen molar-refractivity contribution >= 4 is 0 Å². The molecule has 6 heteroatoms. The van der Waals surface area contributed by atoms with Gasteiger partial charge in [-0.25, -0.2) is 4.98 Å². The third-order valence-corrected chi connectivity index (χ3v) is 2.61. The third kappa shape index (κ3) is 7.21. The van der Waals surface area contributed by atoms with Crippen molar-refractivity contribution in [2.45, 2.75) is 45.2 Å². The highest BCUT2D eigenvalue weighted by molar-refractivity contribution is 5.32. The van der Waals surface area contributed by atoms with Crippen LogP contribution in [0.4, 0.5) is 13.2 Å². The molecular weight excluding hydrogens is 271 g/mol. The van der Waals surface area contributed by atoms with Crippen LogP contribution in [0.15, 0.2) is 18.3 Å². The number of unbranched alkanes of at least 4 members (excludes halogenated alkanes) is 4. The monoisotopic (exact) mass is 291 g/mol. The fourth-order valence-corrected chi connectivity index (χ4v) is 1.63. The van der Waals surface area contributed by atoms with E-state index in [0.29, 0.717) is 6.61 Å². The molecule has 114 valence electrons. The van der Waals surface area contributed by atoms with Crippen LogP contribution in [-0.2, 0) is 0 Å². The van der Waals surface area contributed by atoms with Crippen LogP contribution < -0.4 is 9.47 Å². The van der Waals surface area contributed by atoms with Crippen LogP contribution in [0, 0.1) is 0 Å². The summed E-state index contributed by atoms with van der Waals surface area (Å²) < 4.78 is 46.4. The number of hydrogen-bond donors (Lipinski definition) is 0. The molecule has 0 aliphatic carbocycles. The van der Waals surface area contributed by atoms with Gasteiger partial charge in [-0.3, -0.25) is 0 Å². The SMILES string of the molecule is CCCCCCCOc1cccnc1OCC(F)(F)F. The first-order valence-electron chi connectivity index (χ1n) is 6.80. The Hall–Kier alpha value is -1.46. The molecule has 1 heterocycles. The van der Waals surface area contributed by atoms with Crippen molar-refractivity contribution in [2.24, 2.45) is 0 Å². The molecule has 3 nitrogen and oxygen atoms in total. The molecule has 0 saturated heterocycles. The summed E-state index contributed by atoms with van der Waals surface area (Å²) in [7, 11) is 0. The summed E-state index contributed by atoms with van der Waals surface area (Å²) in [6.07, 6.45) is 2.41. The minimum Gasteiger partial charge on any atom is -0.488 e. The maximum atomic E-state index is 12.1. The molecule has 0 atom stereocenters. The Morgan fingerprint density at radius 2 is 1.85 bits per heavy atom. The molecule has 0 unspecified atom stereocenters. The first-order valence-corrected chi connectivity index (χ1v) is 6.80. The van der Waals surface area contributed by atoms with Crippen LogP contribution in [0.3, 0.4) is 0 Å². The van der Waals surface area contributed by atoms with E-state index in [0.717, 1.165) is 19.3 Å². The fourth-order valence-electron chi connectivity index (χ4n) is 1.63. The normalized spacial score (nSPS) is 11.4. The molecule has 20 heavy (non-hydrogen) atoms. The molecule has 0 saturated carbocycles. The topological polar surface area (TPSA) is 31.4 Å². The molecule has 0 aliphatic rings. The van der Waals surface area contributed by atoms with E-state index in [-0.39, 0.29) is 11.6 Å². The van der Waals surface area contributed by atoms with E-state index in [9.17, 15) is 13.2 Å². The van der Waals surface area contributed by atoms with Gasteiger partial charge < -0.3 is 9.47 Å². The molecule has 0 aromatic carbocycles. The average molecular weight is 291 g/mol. The second kappa shape index (κ2) is 8.66. The highest BCUT2D eigenvalue weighted by atomic mass is 19.4. The quantitative estimate of drug-likeness (QED) is 0.633. The Morgan fingerprint density at radius 1 is 1.10 bits per heavy atom. The number of rotatable bonds is 9. The number of ether oxygens (including phenoxy) is 2. The Bertz CT molecular complexity index is 383. The summed E-state index contributed by atoms with van der Waals surface area (Å²) in [6, 6.07) is 3.16. The highest BCUT2D eigenvalue weighted by Gasteiger charge is 2.29. The van der Waals surface area contributed by atoms with Crippen molar-refractivity contribution in [2.75, 3.05) is 13.2 Å². The summed E-state index contributed by atoms with van der Waals surface area (Å²) in [6.45, 7) is 1.23. The summed E-state index contributed by atoms with van der Waals surface area (Å²) >= 11 is 0. The second-order valence-corrected chi connectivity index (χ2v) is 4.47. The Kier molecular flexibility index (Phi) is 7.18. The number of hydrogen-bond acceptors (Lipinski definition) is 3.